The van der Waals surface area contributed by atoms with E-state index >= 15 is 0 Å². The second-order valence-electron chi connectivity index (χ2n) is 4.84. The molecule has 0 aromatic carbocycles. The molecule has 2 rings (SSSR count). The van der Waals surface area contributed by atoms with Crippen LogP contribution in [0.3, 0.4) is 0 Å². The van der Waals surface area contributed by atoms with E-state index in [0.717, 1.165) is 12.3 Å². The Morgan fingerprint density at radius 2 is 2.19 bits per heavy atom. The number of hydrogen-bond acceptors (Lipinski definition) is 2. The Bertz CT molecular complexity index is 351. The molecule has 1 heterocycles. The maximum Gasteiger partial charge on any atom is 0.183 e. The van der Waals surface area contributed by atoms with Crippen LogP contribution in [0.1, 0.15) is 55.4 Å². The maximum atomic E-state index is 11.8. The van der Waals surface area contributed by atoms with Crippen LogP contribution >= 0.6 is 0 Å². The van der Waals surface area contributed by atoms with Crippen LogP contribution in [0.25, 0.3) is 0 Å². The molecule has 0 saturated heterocycles. The van der Waals surface area contributed by atoms with Gasteiger partial charge in [0.1, 0.15) is 5.69 Å². The minimum Gasteiger partial charge on any atom is -0.292 e. The Morgan fingerprint density at radius 3 is 2.81 bits per heavy atom. The normalized spacial score (nSPS) is 17.6. The Morgan fingerprint density at radius 1 is 1.44 bits per heavy atom. The van der Waals surface area contributed by atoms with Gasteiger partial charge in [0, 0.05) is 19.7 Å². The van der Waals surface area contributed by atoms with E-state index in [1.54, 1.807) is 4.68 Å². The highest BCUT2D eigenvalue weighted by Gasteiger charge is 2.16. The molecule has 1 aliphatic rings. The van der Waals surface area contributed by atoms with Gasteiger partial charge in [0.2, 0.25) is 0 Å². The van der Waals surface area contributed by atoms with Crippen LogP contribution in [0.2, 0.25) is 0 Å². The van der Waals surface area contributed by atoms with Crippen molar-refractivity contribution in [3.05, 3.63) is 18.0 Å². The van der Waals surface area contributed by atoms with Crippen LogP contribution in [0.5, 0.6) is 0 Å². The number of nitrogens with zero attached hydrogens (tertiary/aromatic N) is 2. The lowest BCUT2D eigenvalue weighted by molar-refractivity contribution is 0.0964. The van der Waals surface area contributed by atoms with Crippen LogP contribution in [-0.2, 0) is 7.05 Å². The summed E-state index contributed by atoms with van der Waals surface area (Å²) in [5, 5.41) is 4.14. The average molecular weight is 220 g/mol. The molecule has 0 spiro atoms. The van der Waals surface area contributed by atoms with Gasteiger partial charge in [-0.1, -0.05) is 32.1 Å². The number of carbonyl (C=O) groups excluding carboxylic acids is 1. The van der Waals surface area contributed by atoms with Crippen LogP contribution in [0, 0.1) is 5.92 Å². The topological polar surface area (TPSA) is 34.9 Å². The monoisotopic (exact) mass is 220 g/mol. The van der Waals surface area contributed by atoms with Crippen molar-refractivity contribution < 1.29 is 4.79 Å². The van der Waals surface area contributed by atoms with Gasteiger partial charge in [-0.05, 0) is 18.4 Å². The summed E-state index contributed by atoms with van der Waals surface area (Å²) in [7, 11) is 1.85. The molecule has 0 aliphatic heterocycles. The van der Waals surface area contributed by atoms with Gasteiger partial charge in [0.15, 0.2) is 5.78 Å². The predicted octanol–water partition coefficient (Wildman–Crippen LogP) is 2.96. The first kappa shape index (κ1) is 11.4. The van der Waals surface area contributed by atoms with E-state index in [0.29, 0.717) is 12.1 Å². The fourth-order valence-electron chi connectivity index (χ4n) is 2.50. The lowest BCUT2D eigenvalue weighted by Crippen LogP contribution is -2.09. The molecule has 0 atom stereocenters. The standard InChI is InChI=1S/C13H20N2O/c1-15-10-9-12(14-15)13(16)8-7-11-5-3-2-4-6-11/h9-11H,2-8H2,1H3. The highest BCUT2D eigenvalue weighted by Crippen LogP contribution is 2.27. The molecule has 3 heteroatoms. The van der Waals surface area contributed by atoms with Gasteiger partial charge in [-0.2, -0.15) is 5.10 Å². The molecule has 3 nitrogen and oxygen atoms in total. The van der Waals surface area contributed by atoms with Gasteiger partial charge in [0.25, 0.3) is 0 Å². The van der Waals surface area contributed by atoms with Crippen molar-refractivity contribution in [3.8, 4) is 0 Å². The number of ketones is 1. The summed E-state index contributed by atoms with van der Waals surface area (Å²) in [6, 6.07) is 1.81. The van der Waals surface area contributed by atoms with E-state index in [4.69, 9.17) is 0 Å². The summed E-state index contributed by atoms with van der Waals surface area (Å²) in [5.74, 6) is 0.979. The van der Waals surface area contributed by atoms with E-state index in [-0.39, 0.29) is 5.78 Å². The molecule has 0 bridgehead atoms. The molecule has 1 aliphatic carbocycles. The molecule has 1 aromatic rings. The Labute approximate surface area is 96.8 Å². The van der Waals surface area contributed by atoms with Crippen LogP contribution in [0.4, 0.5) is 0 Å². The lowest BCUT2D eigenvalue weighted by Gasteiger charge is -2.20. The zero-order chi connectivity index (χ0) is 11.4. The first-order valence-corrected chi connectivity index (χ1v) is 6.28. The first-order valence-electron chi connectivity index (χ1n) is 6.28. The van der Waals surface area contributed by atoms with Crippen molar-refractivity contribution in [1.82, 2.24) is 9.78 Å². The van der Waals surface area contributed by atoms with E-state index in [1.165, 1.54) is 32.1 Å². The summed E-state index contributed by atoms with van der Waals surface area (Å²) in [6.07, 6.45) is 10.3. The zero-order valence-electron chi connectivity index (χ0n) is 9.98. The number of aromatic nitrogens is 2. The molecule has 0 N–H and O–H groups in total. The molecule has 0 radical (unpaired) electrons. The third-order valence-corrected chi connectivity index (χ3v) is 3.50. The van der Waals surface area contributed by atoms with Gasteiger partial charge >= 0.3 is 0 Å². The van der Waals surface area contributed by atoms with E-state index < -0.39 is 0 Å². The third-order valence-electron chi connectivity index (χ3n) is 3.50. The highest BCUT2D eigenvalue weighted by atomic mass is 16.1. The maximum absolute atomic E-state index is 11.8. The van der Waals surface area contributed by atoms with Crippen molar-refractivity contribution in [2.24, 2.45) is 13.0 Å². The number of aryl methyl sites for hydroxylation is 1. The molecule has 1 saturated carbocycles. The van der Waals surface area contributed by atoms with Crippen molar-refractivity contribution in [1.29, 1.82) is 0 Å². The third kappa shape index (κ3) is 2.94. The van der Waals surface area contributed by atoms with Crippen molar-refractivity contribution in [2.45, 2.75) is 44.9 Å². The largest absolute Gasteiger partial charge is 0.292 e. The van der Waals surface area contributed by atoms with Gasteiger partial charge in [0.05, 0.1) is 0 Å². The van der Waals surface area contributed by atoms with Gasteiger partial charge < -0.3 is 0 Å². The van der Waals surface area contributed by atoms with E-state index in [1.807, 2.05) is 19.3 Å². The SMILES string of the molecule is Cn1ccc(C(=O)CCC2CCCCC2)n1. The molecule has 16 heavy (non-hydrogen) atoms. The fourth-order valence-corrected chi connectivity index (χ4v) is 2.50. The number of carbonyl (C=O) groups is 1. The highest BCUT2D eigenvalue weighted by molar-refractivity contribution is 5.94. The first-order chi connectivity index (χ1) is 7.75. The summed E-state index contributed by atoms with van der Waals surface area (Å²) >= 11 is 0. The van der Waals surface area contributed by atoms with Gasteiger partial charge in [-0.15, -0.1) is 0 Å². The molecule has 0 amide bonds. The van der Waals surface area contributed by atoms with Crippen molar-refractivity contribution >= 4 is 5.78 Å². The average Bonchev–Trinajstić information content (AvgIpc) is 2.74. The van der Waals surface area contributed by atoms with Crippen LogP contribution in [-0.4, -0.2) is 15.6 Å². The Balaban J connectivity index is 1.79. The molecule has 0 unspecified atom stereocenters. The van der Waals surface area contributed by atoms with Gasteiger partial charge in [-0.25, -0.2) is 0 Å². The summed E-state index contributed by atoms with van der Waals surface area (Å²) in [6.45, 7) is 0. The minimum absolute atomic E-state index is 0.200. The summed E-state index contributed by atoms with van der Waals surface area (Å²) in [5.41, 5.74) is 0.623. The lowest BCUT2D eigenvalue weighted by atomic mass is 9.85. The van der Waals surface area contributed by atoms with Crippen LogP contribution in [0.15, 0.2) is 12.3 Å². The Hall–Kier alpha value is -1.12. The van der Waals surface area contributed by atoms with Crippen LogP contribution < -0.4 is 0 Å². The quantitative estimate of drug-likeness (QED) is 0.731. The number of rotatable bonds is 4. The second kappa shape index (κ2) is 5.28. The number of Topliss-reactive ketones (excluding diaryl/α,β-unsaturated/α-hetero) is 1. The predicted molar refractivity (Wildman–Crippen MR) is 63.3 cm³/mol. The molecule has 1 fully saturated rings. The van der Waals surface area contributed by atoms with E-state index in [9.17, 15) is 4.79 Å². The molecule has 88 valence electrons. The minimum atomic E-state index is 0.200. The van der Waals surface area contributed by atoms with Gasteiger partial charge in [-0.3, -0.25) is 9.48 Å². The molecule has 1 aromatic heterocycles. The molecular weight excluding hydrogens is 200 g/mol. The fraction of sp³-hybridized carbons (Fsp3) is 0.692. The smallest absolute Gasteiger partial charge is 0.183 e. The summed E-state index contributed by atoms with van der Waals surface area (Å²) < 4.78 is 1.69. The number of hydrogen-bond donors (Lipinski definition) is 0. The van der Waals surface area contributed by atoms with Crippen molar-refractivity contribution in [3.63, 3.8) is 0 Å². The zero-order valence-corrected chi connectivity index (χ0v) is 9.98. The van der Waals surface area contributed by atoms with Crippen molar-refractivity contribution in [2.75, 3.05) is 0 Å². The van der Waals surface area contributed by atoms with E-state index in [2.05, 4.69) is 5.10 Å². The Kier molecular flexibility index (Phi) is 3.75. The molecular formula is C13H20N2O. The second-order valence-corrected chi connectivity index (χ2v) is 4.84. The summed E-state index contributed by atoms with van der Waals surface area (Å²) in [4.78, 5) is 11.8.